The molecule has 1 amide bonds. The number of carbonyl (C=O) groups excluding carboxylic acids is 2. The van der Waals surface area contributed by atoms with Crippen LogP contribution in [0, 0.1) is 20.8 Å². The fourth-order valence-electron chi connectivity index (χ4n) is 5.11. The number of aliphatic hydroxyl groups excluding tert-OH is 1. The molecule has 11 heteroatoms. The van der Waals surface area contributed by atoms with Crippen molar-refractivity contribution in [3.63, 3.8) is 0 Å². The number of hydrogen-bond acceptors (Lipinski definition) is 9. The largest absolute Gasteiger partial charge is 0.505 e. The molecule has 3 aromatic heterocycles. The Hall–Kier alpha value is -4.74. The van der Waals surface area contributed by atoms with Crippen molar-refractivity contribution in [1.82, 2.24) is 19.6 Å². The maximum absolute atomic E-state index is 13.7. The minimum Gasteiger partial charge on any atom is -0.505 e. The highest BCUT2D eigenvalue weighted by Crippen LogP contribution is 2.44. The molecule has 0 saturated carbocycles. The summed E-state index contributed by atoms with van der Waals surface area (Å²) in [6, 6.07) is 18.1. The number of Topliss-reactive ketones (excluding diaryl/α,β-unsaturated/α-hetero) is 1. The predicted molar refractivity (Wildman–Crippen MR) is 172 cm³/mol. The third kappa shape index (κ3) is 5.40. The molecule has 44 heavy (non-hydrogen) atoms. The molecular weight excluding hydrogens is 595 g/mol. The van der Waals surface area contributed by atoms with Gasteiger partial charge in [0.05, 0.1) is 17.3 Å². The molecule has 222 valence electrons. The Morgan fingerprint density at radius 1 is 1.07 bits per heavy atom. The molecule has 1 N–H and O–H groups in total. The molecule has 5 aromatic rings. The van der Waals surface area contributed by atoms with Gasteiger partial charge in [0.2, 0.25) is 5.13 Å². The van der Waals surface area contributed by atoms with Crippen LogP contribution in [0.3, 0.4) is 0 Å². The van der Waals surface area contributed by atoms with Crippen molar-refractivity contribution in [1.29, 1.82) is 0 Å². The van der Waals surface area contributed by atoms with E-state index < -0.39 is 17.7 Å². The molecule has 0 bridgehead atoms. The van der Waals surface area contributed by atoms with Gasteiger partial charge in [0.1, 0.15) is 23.7 Å². The molecule has 4 heterocycles. The number of benzene rings is 2. The first-order valence-electron chi connectivity index (χ1n) is 13.9. The summed E-state index contributed by atoms with van der Waals surface area (Å²) in [6.45, 7) is 9.78. The second kappa shape index (κ2) is 12.1. The lowest BCUT2D eigenvalue weighted by Gasteiger charge is -2.22. The minimum atomic E-state index is -0.961. The van der Waals surface area contributed by atoms with Gasteiger partial charge in [-0.25, -0.2) is 4.98 Å². The first-order valence-corrected chi connectivity index (χ1v) is 15.7. The number of amides is 1. The lowest BCUT2D eigenvalue weighted by atomic mass is 9.96. The number of hydrogen-bond donors (Lipinski definition) is 1. The zero-order valence-electron chi connectivity index (χ0n) is 24.4. The van der Waals surface area contributed by atoms with Crippen LogP contribution in [0.2, 0.25) is 0 Å². The third-order valence-corrected chi connectivity index (χ3v) is 9.53. The molecule has 1 saturated heterocycles. The number of aliphatic hydroxyl groups is 1. The van der Waals surface area contributed by atoms with Crippen molar-refractivity contribution in [2.24, 2.45) is 0 Å². The van der Waals surface area contributed by atoms with E-state index in [1.807, 2.05) is 43.5 Å². The predicted octanol–water partition coefficient (Wildman–Crippen LogP) is 6.59. The van der Waals surface area contributed by atoms with Crippen LogP contribution in [0.4, 0.5) is 5.13 Å². The number of nitrogens with zero attached hydrogens (tertiary/aromatic N) is 5. The molecule has 1 unspecified atom stereocenters. The Bertz CT molecular complexity index is 1930. The van der Waals surface area contributed by atoms with E-state index in [0.717, 1.165) is 11.1 Å². The Morgan fingerprint density at radius 2 is 1.82 bits per heavy atom. The average molecular weight is 624 g/mol. The van der Waals surface area contributed by atoms with E-state index in [4.69, 9.17) is 4.74 Å². The molecule has 2 aromatic carbocycles. The smallest absolute Gasteiger partial charge is 0.301 e. The van der Waals surface area contributed by atoms with Gasteiger partial charge in [-0.05, 0) is 55.7 Å². The molecule has 0 radical (unpaired) electrons. The van der Waals surface area contributed by atoms with Crippen molar-refractivity contribution in [3.05, 3.63) is 119 Å². The first-order chi connectivity index (χ1) is 21.3. The maximum atomic E-state index is 13.7. The molecule has 1 aliphatic heterocycles. The van der Waals surface area contributed by atoms with Crippen molar-refractivity contribution < 1.29 is 19.4 Å². The van der Waals surface area contributed by atoms with Crippen LogP contribution in [0.15, 0.2) is 89.4 Å². The second-order valence-corrected chi connectivity index (χ2v) is 12.6. The van der Waals surface area contributed by atoms with E-state index in [1.54, 1.807) is 30.3 Å². The van der Waals surface area contributed by atoms with Crippen LogP contribution in [-0.4, -0.2) is 43.0 Å². The quantitative estimate of drug-likeness (QED) is 0.0489. The molecule has 0 aliphatic carbocycles. The second-order valence-electron chi connectivity index (χ2n) is 10.4. The van der Waals surface area contributed by atoms with Gasteiger partial charge >= 0.3 is 5.91 Å². The van der Waals surface area contributed by atoms with E-state index in [2.05, 4.69) is 46.0 Å². The van der Waals surface area contributed by atoms with Crippen LogP contribution in [0.25, 0.3) is 11.4 Å². The maximum Gasteiger partial charge on any atom is 0.301 e. The number of thioether (sulfide) groups is 1. The molecule has 1 aliphatic rings. The van der Waals surface area contributed by atoms with Crippen LogP contribution >= 0.6 is 23.1 Å². The number of aromatic nitrogens is 4. The summed E-state index contributed by atoms with van der Waals surface area (Å²) in [7, 11) is 0. The van der Waals surface area contributed by atoms with Crippen molar-refractivity contribution in [3.8, 4) is 5.75 Å². The van der Waals surface area contributed by atoms with Gasteiger partial charge in [0.25, 0.3) is 5.78 Å². The third-order valence-electron chi connectivity index (χ3n) is 7.40. The number of rotatable bonds is 9. The number of pyridine rings is 1. The highest BCUT2D eigenvalue weighted by atomic mass is 32.2. The van der Waals surface area contributed by atoms with E-state index in [-0.39, 0.29) is 22.2 Å². The van der Waals surface area contributed by atoms with E-state index >= 15 is 0 Å². The number of ether oxygens (including phenoxy) is 1. The Morgan fingerprint density at radius 3 is 2.52 bits per heavy atom. The van der Waals surface area contributed by atoms with E-state index in [1.165, 1.54) is 33.6 Å². The van der Waals surface area contributed by atoms with Gasteiger partial charge in [-0.1, -0.05) is 83.8 Å². The Balaban J connectivity index is 1.42. The van der Waals surface area contributed by atoms with Crippen LogP contribution in [0.1, 0.15) is 39.7 Å². The highest BCUT2D eigenvalue weighted by molar-refractivity contribution is 8.00. The number of fused-ring (bicyclic) bond motifs is 1. The Kier molecular flexibility index (Phi) is 8.07. The summed E-state index contributed by atoms with van der Waals surface area (Å²) in [5.74, 6) is -0.690. The number of anilines is 1. The van der Waals surface area contributed by atoms with Crippen molar-refractivity contribution in [2.45, 2.75) is 36.9 Å². The fourth-order valence-corrected chi connectivity index (χ4v) is 6.93. The molecule has 1 atom stereocenters. The number of ketones is 1. The summed E-state index contributed by atoms with van der Waals surface area (Å²) < 4.78 is 8.15. The normalized spacial score (nSPS) is 16.2. The Labute approximate surface area is 262 Å². The standard InChI is InChI=1S/C33H29N5O4S2/c1-5-17-42-24-14-12-23(13-15-24)27-25(28(39)26-21(4)37-16-6-7-20(3)30(37)34-26)29(40)31(41)38(27)32-35-36-33(44-32)43-18-22-10-8-19(2)9-11-22/h5-16,27,39H,1,17-18H2,2-4H3. The SMILES string of the molecule is C=CCOc1ccc(C2C(=C(O)c3nc4c(C)cccn4c3C)C(=O)C(=O)N2c2nnc(SCc3ccc(C)cc3)s2)cc1. The van der Waals surface area contributed by atoms with Gasteiger partial charge in [-0.15, -0.1) is 10.2 Å². The van der Waals surface area contributed by atoms with Crippen LogP contribution in [-0.2, 0) is 15.3 Å². The van der Waals surface area contributed by atoms with Crippen LogP contribution in [0.5, 0.6) is 5.75 Å². The highest BCUT2D eigenvalue weighted by Gasteiger charge is 2.49. The summed E-state index contributed by atoms with van der Waals surface area (Å²) in [6.07, 6.45) is 3.49. The zero-order valence-corrected chi connectivity index (χ0v) is 26.0. The summed E-state index contributed by atoms with van der Waals surface area (Å²) >= 11 is 2.72. The lowest BCUT2D eigenvalue weighted by Crippen LogP contribution is -2.29. The monoisotopic (exact) mass is 623 g/mol. The topological polar surface area (TPSA) is 110 Å². The van der Waals surface area contributed by atoms with E-state index in [0.29, 0.717) is 39.4 Å². The van der Waals surface area contributed by atoms with Gasteiger partial charge in [0.15, 0.2) is 10.1 Å². The van der Waals surface area contributed by atoms with E-state index in [9.17, 15) is 14.7 Å². The van der Waals surface area contributed by atoms with Gasteiger partial charge in [0, 0.05) is 11.9 Å². The van der Waals surface area contributed by atoms with Gasteiger partial charge in [-0.2, -0.15) is 0 Å². The summed E-state index contributed by atoms with van der Waals surface area (Å²) in [4.78, 5) is 33.4. The summed E-state index contributed by atoms with van der Waals surface area (Å²) in [5.41, 5.74) is 5.29. The number of imidazole rings is 1. The first kappa shape index (κ1) is 29.3. The van der Waals surface area contributed by atoms with Gasteiger partial charge in [-0.3, -0.25) is 14.5 Å². The summed E-state index contributed by atoms with van der Waals surface area (Å²) in [5, 5.41) is 20.6. The molecular formula is C33H29N5O4S2. The number of carbonyl (C=O) groups is 2. The molecule has 0 spiro atoms. The zero-order chi connectivity index (χ0) is 31.0. The molecule has 6 rings (SSSR count). The fraction of sp³-hybridized carbons (Fsp3) is 0.182. The van der Waals surface area contributed by atoms with Gasteiger partial charge < -0.3 is 14.2 Å². The average Bonchev–Trinajstić information content (AvgIpc) is 3.71. The van der Waals surface area contributed by atoms with Crippen molar-refractivity contribution >= 4 is 51.3 Å². The number of aryl methyl sites for hydroxylation is 3. The minimum absolute atomic E-state index is 0.0667. The van der Waals surface area contributed by atoms with Crippen LogP contribution < -0.4 is 9.64 Å². The van der Waals surface area contributed by atoms with Crippen molar-refractivity contribution in [2.75, 3.05) is 11.5 Å². The molecule has 9 nitrogen and oxygen atoms in total. The lowest BCUT2D eigenvalue weighted by molar-refractivity contribution is -0.132. The molecule has 1 fully saturated rings.